The Morgan fingerprint density at radius 1 is 0.955 bits per heavy atom. The van der Waals surface area contributed by atoms with E-state index >= 15 is 0 Å². The average molecular weight is 292 g/mol. The summed E-state index contributed by atoms with van der Waals surface area (Å²) in [6.45, 7) is 1.33. The first-order valence-electron chi connectivity index (χ1n) is 7.54. The van der Waals surface area contributed by atoms with E-state index in [1.165, 1.54) is 10.5 Å². The first-order valence-corrected chi connectivity index (χ1v) is 7.54. The number of carbonyl (C=O) groups is 2. The van der Waals surface area contributed by atoms with Crippen molar-refractivity contribution in [3.05, 3.63) is 65.2 Å². The zero-order chi connectivity index (χ0) is 15.1. The van der Waals surface area contributed by atoms with E-state index in [9.17, 15) is 9.59 Å². The number of nitrogens with one attached hydrogen (secondary N) is 1. The summed E-state index contributed by atoms with van der Waals surface area (Å²) in [7, 11) is 0. The number of benzene rings is 2. The summed E-state index contributed by atoms with van der Waals surface area (Å²) in [4.78, 5) is 26.1. The second-order valence-corrected chi connectivity index (χ2v) is 5.76. The fourth-order valence-electron chi connectivity index (χ4n) is 3.34. The second-order valence-electron chi connectivity index (χ2n) is 5.76. The van der Waals surface area contributed by atoms with Gasteiger partial charge in [0.2, 0.25) is 0 Å². The highest BCUT2D eigenvalue weighted by Gasteiger charge is 2.35. The third-order valence-corrected chi connectivity index (χ3v) is 4.52. The van der Waals surface area contributed by atoms with Crippen molar-refractivity contribution in [3.63, 3.8) is 0 Å². The van der Waals surface area contributed by atoms with Crippen LogP contribution in [0.1, 0.15) is 38.6 Å². The fraction of sp³-hybridized carbons (Fsp3) is 0.222. The van der Waals surface area contributed by atoms with Gasteiger partial charge in [0.1, 0.15) is 0 Å². The summed E-state index contributed by atoms with van der Waals surface area (Å²) in [5.41, 5.74) is 3.49. The summed E-state index contributed by atoms with van der Waals surface area (Å²) in [5, 5.41) is 3.38. The van der Waals surface area contributed by atoms with Gasteiger partial charge in [0, 0.05) is 24.7 Å². The van der Waals surface area contributed by atoms with Crippen LogP contribution in [0.5, 0.6) is 0 Å². The first kappa shape index (κ1) is 13.1. The normalized spacial score (nSPS) is 19.1. The zero-order valence-electron chi connectivity index (χ0n) is 12.1. The standard InChI is InChI=1S/C18H16N2O2/c21-17-14-6-1-2-7-15(14)18(22)20(17)10-9-12-11-19-16-8-4-3-5-13(12)16/h1-8,12,19H,9-11H2. The Morgan fingerprint density at radius 2 is 1.59 bits per heavy atom. The Kier molecular flexibility index (Phi) is 2.96. The minimum absolute atomic E-state index is 0.167. The zero-order valence-corrected chi connectivity index (χ0v) is 12.1. The van der Waals surface area contributed by atoms with E-state index in [4.69, 9.17) is 0 Å². The minimum Gasteiger partial charge on any atom is -0.384 e. The van der Waals surface area contributed by atoms with Crippen molar-refractivity contribution >= 4 is 17.5 Å². The van der Waals surface area contributed by atoms with E-state index in [1.54, 1.807) is 24.3 Å². The van der Waals surface area contributed by atoms with Gasteiger partial charge in [-0.25, -0.2) is 0 Å². The molecule has 4 rings (SSSR count). The fourth-order valence-corrected chi connectivity index (χ4v) is 3.34. The predicted octanol–water partition coefficient (Wildman–Crippen LogP) is 2.88. The van der Waals surface area contributed by atoms with Crippen LogP contribution in [-0.2, 0) is 0 Å². The van der Waals surface area contributed by atoms with Crippen LogP contribution in [0.4, 0.5) is 5.69 Å². The Hall–Kier alpha value is -2.62. The Morgan fingerprint density at radius 3 is 2.32 bits per heavy atom. The molecule has 110 valence electrons. The molecule has 2 aliphatic rings. The topological polar surface area (TPSA) is 49.4 Å². The maximum Gasteiger partial charge on any atom is 0.261 e. The monoisotopic (exact) mass is 292 g/mol. The number of rotatable bonds is 3. The van der Waals surface area contributed by atoms with Crippen molar-refractivity contribution in [2.24, 2.45) is 0 Å². The maximum absolute atomic E-state index is 12.3. The Balaban J connectivity index is 1.50. The molecule has 4 heteroatoms. The lowest BCUT2D eigenvalue weighted by atomic mass is 9.98. The molecule has 0 radical (unpaired) electrons. The van der Waals surface area contributed by atoms with E-state index < -0.39 is 0 Å². The van der Waals surface area contributed by atoms with Crippen LogP contribution in [0.25, 0.3) is 0 Å². The van der Waals surface area contributed by atoms with Crippen LogP contribution < -0.4 is 5.32 Å². The quantitative estimate of drug-likeness (QED) is 0.885. The van der Waals surface area contributed by atoms with Crippen LogP contribution >= 0.6 is 0 Å². The van der Waals surface area contributed by atoms with E-state index in [0.717, 1.165) is 18.7 Å². The van der Waals surface area contributed by atoms with Crippen LogP contribution in [0.3, 0.4) is 0 Å². The van der Waals surface area contributed by atoms with Crippen molar-refractivity contribution in [2.45, 2.75) is 12.3 Å². The summed E-state index contributed by atoms with van der Waals surface area (Å²) in [6.07, 6.45) is 0.787. The number of hydrogen-bond acceptors (Lipinski definition) is 3. The van der Waals surface area contributed by atoms with E-state index in [-0.39, 0.29) is 11.8 Å². The molecule has 0 saturated heterocycles. The Bertz CT molecular complexity index is 734. The van der Waals surface area contributed by atoms with Gasteiger partial charge in [0.05, 0.1) is 11.1 Å². The number of imide groups is 1. The van der Waals surface area contributed by atoms with Gasteiger partial charge in [-0.3, -0.25) is 14.5 Å². The summed E-state index contributed by atoms with van der Waals surface area (Å²) >= 11 is 0. The second kappa shape index (κ2) is 4.98. The molecule has 2 aromatic rings. The largest absolute Gasteiger partial charge is 0.384 e. The van der Waals surface area contributed by atoms with E-state index in [2.05, 4.69) is 17.4 Å². The van der Waals surface area contributed by atoms with Crippen LogP contribution in [0, 0.1) is 0 Å². The highest BCUT2D eigenvalue weighted by Crippen LogP contribution is 2.34. The molecule has 2 aromatic carbocycles. The van der Waals surface area contributed by atoms with Gasteiger partial charge in [-0.2, -0.15) is 0 Å². The number of nitrogens with zero attached hydrogens (tertiary/aromatic N) is 1. The van der Waals surface area contributed by atoms with Gasteiger partial charge < -0.3 is 5.32 Å². The van der Waals surface area contributed by atoms with Gasteiger partial charge in [0.25, 0.3) is 11.8 Å². The summed E-state index contributed by atoms with van der Waals surface area (Å²) in [6, 6.07) is 15.3. The summed E-state index contributed by atoms with van der Waals surface area (Å²) in [5.74, 6) is 0.0141. The number of para-hydroxylation sites is 1. The molecule has 0 saturated carbocycles. The molecule has 2 amide bonds. The molecule has 1 unspecified atom stereocenters. The first-order chi connectivity index (χ1) is 10.8. The van der Waals surface area contributed by atoms with Crippen molar-refractivity contribution < 1.29 is 9.59 Å². The summed E-state index contributed by atoms with van der Waals surface area (Å²) < 4.78 is 0. The SMILES string of the molecule is O=C1c2ccccc2C(=O)N1CCC1CNc2ccccc21. The number of hydrogen-bond donors (Lipinski definition) is 1. The maximum atomic E-state index is 12.3. The predicted molar refractivity (Wildman–Crippen MR) is 84.1 cm³/mol. The lowest BCUT2D eigenvalue weighted by Gasteiger charge is -2.17. The van der Waals surface area contributed by atoms with E-state index in [1.807, 2.05) is 12.1 Å². The van der Waals surface area contributed by atoms with Crippen LogP contribution in [0.15, 0.2) is 48.5 Å². The van der Waals surface area contributed by atoms with Crippen LogP contribution in [-0.4, -0.2) is 29.8 Å². The lowest BCUT2D eigenvalue weighted by molar-refractivity contribution is 0.0650. The molecular formula is C18H16N2O2. The van der Waals surface area contributed by atoms with Crippen LogP contribution in [0.2, 0.25) is 0 Å². The minimum atomic E-state index is -0.167. The number of fused-ring (bicyclic) bond motifs is 2. The molecule has 0 aliphatic carbocycles. The van der Waals surface area contributed by atoms with E-state index in [0.29, 0.717) is 23.6 Å². The third kappa shape index (κ3) is 1.91. The van der Waals surface area contributed by atoms with Crippen molar-refractivity contribution in [2.75, 3.05) is 18.4 Å². The van der Waals surface area contributed by atoms with Gasteiger partial charge in [-0.05, 0) is 30.2 Å². The molecule has 1 N–H and O–H groups in total. The third-order valence-electron chi connectivity index (χ3n) is 4.52. The highest BCUT2D eigenvalue weighted by molar-refractivity contribution is 6.21. The smallest absolute Gasteiger partial charge is 0.261 e. The number of anilines is 1. The molecule has 0 fully saturated rings. The molecule has 4 nitrogen and oxygen atoms in total. The molecule has 0 spiro atoms. The van der Waals surface area contributed by atoms with Crippen molar-refractivity contribution in [3.8, 4) is 0 Å². The van der Waals surface area contributed by atoms with Gasteiger partial charge in [-0.15, -0.1) is 0 Å². The Labute approximate surface area is 128 Å². The molecule has 0 bridgehead atoms. The van der Waals surface area contributed by atoms with Gasteiger partial charge in [-0.1, -0.05) is 30.3 Å². The number of carbonyl (C=O) groups excluding carboxylic acids is 2. The van der Waals surface area contributed by atoms with Crippen molar-refractivity contribution in [1.82, 2.24) is 4.90 Å². The molecule has 2 aliphatic heterocycles. The molecule has 1 atom stereocenters. The molecule has 0 aromatic heterocycles. The molecule has 2 heterocycles. The van der Waals surface area contributed by atoms with Gasteiger partial charge >= 0.3 is 0 Å². The average Bonchev–Trinajstić information content (AvgIpc) is 3.07. The van der Waals surface area contributed by atoms with Gasteiger partial charge in [0.15, 0.2) is 0 Å². The lowest BCUT2D eigenvalue weighted by Crippen LogP contribution is -2.31. The molecule has 22 heavy (non-hydrogen) atoms. The van der Waals surface area contributed by atoms with Crippen molar-refractivity contribution in [1.29, 1.82) is 0 Å². The number of amides is 2. The highest BCUT2D eigenvalue weighted by atomic mass is 16.2. The molecular weight excluding hydrogens is 276 g/mol.